The van der Waals surface area contributed by atoms with Gasteiger partial charge in [-0.2, -0.15) is 39.5 Å². The van der Waals surface area contributed by atoms with Crippen LogP contribution in [-0.2, 0) is 69.1 Å². The van der Waals surface area contributed by atoms with E-state index >= 15 is 26.3 Å². The molecule has 12 nitrogen and oxygen atoms in total. The van der Waals surface area contributed by atoms with Crippen LogP contribution in [0.2, 0.25) is 0 Å². The Bertz CT molecular complexity index is 2830. The molecule has 82 heavy (non-hydrogen) atoms. The molecule has 0 aromatic heterocycles. The van der Waals surface area contributed by atoms with E-state index in [1.807, 2.05) is 6.92 Å². The molecule has 3 aromatic rings. The van der Waals surface area contributed by atoms with Crippen molar-refractivity contribution in [2.45, 2.75) is 165 Å². The van der Waals surface area contributed by atoms with E-state index in [-0.39, 0.29) is 43.4 Å². The number of carbonyl (C=O) groups is 4. The molecule has 5 fully saturated rings. The number of methoxy groups -OCH3 is 4. The SMILES string of the molecule is COC(=O)[C@]1(C)[C@@H](OC(=O)[C@](OC)(c2ccccc2)C(F)(F)F)C[C@H](OC(=O)[C@](OC)(c2ccccc2)C(F)(F)F)[C@]23C[C@]24CC[C@]2(C)[C@@H]([C@H](C)CC[C@@H](OC(=O)[C@](OC)(c5ccccc5)C(F)(F)F)C(C)(C)O)CC[C@@]2(C)[C@@H]4CC[C@@H]13. The van der Waals surface area contributed by atoms with E-state index in [9.17, 15) is 37.5 Å². The number of alkyl halides is 9. The summed E-state index contributed by atoms with van der Waals surface area (Å²) >= 11 is 0. The summed E-state index contributed by atoms with van der Waals surface area (Å²) in [5, 5.41) is 11.4. The van der Waals surface area contributed by atoms with Crippen LogP contribution < -0.4 is 0 Å². The largest absolute Gasteiger partial charge is 0.468 e. The molecule has 0 aliphatic heterocycles. The maximum atomic E-state index is 15.7. The van der Waals surface area contributed by atoms with Crippen molar-refractivity contribution < 1.29 is 97.0 Å². The monoisotopic (exact) mass is 1170 g/mol. The minimum atomic E-state index is -5.47. The molecule has 5 saturated carbocycles. The molecule has 2 spiro atoms. The van der Waals surface area contributed by atoms with Crippen molar-refractivity contribution in [3.8, 4) is 0 Å². The number of hydrogen-bond acceptors (Lipinski definition) is 12. The van der Waals surface area contributed by atoms with Crippen molar-refractivity contribution in [2.75, 3.05) is 28.4 Å². The minimum absolute atomic E-state index is 0.0428. The molecule has 5 aliphatic carbocycles. The zero-order valence-corrected chi connectivity index (χ0v) is 47.6. The van der Waals surface area contributed by atoms with E-state index in [1.165, 1.54) is 75.4 Å². The summed E-state index contributed by atoms with van der Waals surface area (Å²) in [4.78, 5) is 58.0. The number of esters is 4. The lowest BCUT2D eigenvalue weighted by Gasteiger charge is -2.64. The Morgan fingerprint density at radius 1 is 0.573 bits per heavy atom. The molecule has 0 saturated heterocycles. The Labute approximate surface area is 471 Å². The van der Waals surface area contributed by atoms with Crippen LogP contribution in [0.4, 0.5) is 39.5 Å². The smallest absolute Gasteiger partial charge is 0.432 e. The molecule has 0 bridgehead atoms. The fraction of sp³-hybridized carbons (Fsp3) is 0.639. The van der Waals surface area contributed by atoms with Crippen molar-refractivity contribution in [2.24, 2.45) is 50.7 Å². The van der Waals surface area contributed by atoms with Gasteiger partial charge in [-0.1, -0.05) is 112 Å². The lowest BCUT2D eigenvalue weighted by Crippen LogP contribution is -2.66. The Morgan fingerprint density at radius 3 is 1.41 bits per heavy atom. The first-order valence-corrected chi connectivity index (χ1v) is 27.6. The highest BCUT2D eigenvalue weighted by molar-refractivity contribution is 5.86. The van der Waals surface area contributed by atoms with Crippen LogP contribution in [0.3, 0.4) is 0 Å². The molecule has 452 valence electrons. The first-order chi connectivity index (χ1) is 38.1. The van der Waals surface area contributed by atoms with Crippen LogP contribution in [0.25, 0.3) is 0 Å². The summed E-state index contributed by atoms with van der Waals surface area (Å²) in [5.41, 5.74) is -19.8. The van der Waals surface area contributed by atoms with Gasteiger partial charge in [-0.05, 0) is 118 Å². The number of carbonyl (C=O) groups excluding carboxylic acids is 4. The number of ether oxygens (including phenoxy) is 7. The highest BCUT2D eigenvalue weighted by Crippen LogP contribution is 2.89. The van der Waals surface area contributed by atoms with Crippen molar-refractivity contribution in [1.82, 2.24) is 0 Å². The van der Waals surface area contributed by atoms with E-state index in [4.69, 9.17) is 33.2 Å². The standard InChI is InChI=1S/C61H73F9O12/c1-36(26-29-43(50(2,3)75)80-47(72)56(77-8,59(62,63)64)37-20-14-11-15-21-37)40-30-31-52(5)41-27-28-42-53(6,46(71)76-7)44(81-48(73)57(78-9,60(65,66)67)38-22-16-12-17-23-38)34-45(55(42)35-54(41,55)33-32-51(40,52)4)82-49(74)58(79-10,61(68,69)70)39-24-18-13-19-25-39/h11-25,36,40-45,75H,26-35H2,1-10H3/t36-,40-,41+,42+,43-,44+,45+,51-,52+,53+,54+,55-,56-,57-,58-/m1/s1. The second-order valence-corrected chi connectivity index (χ2v) is 24.7. The van der Waals surface area contributed by atoms with Gasteiger partial charge in [0.2, 0.25) is 0 Å². The number of aliphatic hydroxyl groups is 1. The second-order valence-electron chi connectivity index (χ2n) is 24.7. The van der Waals surface area contributed by atoms with Crippen LogP contribution in [-0.4, -0.2) is 99.9 Å². The number of hydrogen-bond donors (Lipinski definition) is 1. The van der Waals surface area contributed by atoms with Crippen LogP contribution >= 0.6 is 0 Å². The Hall–Kier alpha value is -5.25. The molecule has 5 aliphatic rings. The van der Waals surface area contributed by atoms with Crippen LogP contribution in [0.1, 0.15) is 122 Å². The molecule has 21 heteroatoms. The number of halogens is 9. The first kappa shape index (κ1) is 62.8. The number of fused-ring (bicyclic) bond motifs is 2. The maximum absolute atomic E-state index is 15.7. The van der Waals surface area contributed by atoms with Crippen LogP contribution in [0.5, 0.6) is 0 Å². The molecule has 0 unspecified atom stereocenters. The van der Waals surface area contributed by atoms with Crippen molar-refractivity contribution in [1.29, 1.82) is 0 Å². The summed E-state index contributed by atoms with van der Waals surface area (Å²) in [6.45, 7) is 10.4. The first-order valence-electron chi connectivity index (χ1n) is 27.6. The average molecular weight is 1170 g/mol. The summed E-state index contributed by atoms with van der Waals surface area (Å²) in [6, 6.07) is 18.3. The third-order valence-electron chi connectivity index (χ3n) is 21.0. The normalized spacial score (nSPS) is 32.8. The molecule has 3 aromatic carbocycles. The molecule has 0 amide bonds. The number of rotatable bonds is 18. The van der Waals surface area contributed by atoms with Gasteiger partial charge in [-0.3, -0.25) is 4.79 Å². The van der Waals surface area contributed by atoms with E-state index in [0.717, 1.165) is 50.6 Å². The highest BCUT2D eigenvalue weighted by atomic mass is 19.4. The Balaban J connectivity index is 1.16. The van der Waals surface area contributed by atoms with Crippen molar-refractivity contribution in [3.63, 3.8) is 0 Å². The molecular weight excluding hydrogens is 1100 g/mol. The maximum Gasteiger partial charge on any atom is 0.432 e. The lowest BCUT2D eigenvalue weighted by atomic mass is 9.41. The molecule has 0 radical (unpaired) electrons. The molecule has 0 heterocycles. The quantitative estimate of drug-likeness (QED) is 0.0733. The molecule has 15 atom stereocenters. The van der Waals surface area contributed by atoms with Gasteiger partial charge in [-0.15, -0.1) is 0 Å². The predicted octanol–water partition coefficient (Wildman–Crippen LogP) is 12.4. The predicted molar refractivity (Wildman–Crippen MR) is 276 cm³/mol. The van der Waals surface area contributed by atoms with Crippen LogP contribution in [0, 0.1) is 50.7 Å². The molecular formula is C61H73F9O12. The van der Waals surface area contributed by atoms with Gasteiger partial charge in [0.05, 0.1) is 12.7 Å². The van der Waals surface area contributed by atoms with Gasteiger partial charge in [0.25, 0.3) is 16.8 Å². The van der Waals surface area contributed by atoms with Gasteiger partial charge in [0.15, 0.2) is 0 Å². The Kier molecular flexibility index (Phi) is 16.4. The van der Waals surface area contributed by atoms with E-state index in [0.29, 0.717) is 46.3 Å². The Morgan fingerprint density at radius 2 is 1.00 bits per heavy atom. The summed E-state index contributed by atoms with van der Waals surface area (Å²) in [6.07, 6.45) is -18.7. The van der Waals surface area contributed by atoms with Gasteiger partial charge >= 0.3 is 42.4 Å². The van der Waals surface area contributed by atoms with Gasteiger partial charge in [-0.25, -0.2) is 14.4 Å². The zero-order chi connectivity index (χ0) is 60.7. The third-order valence-corrected chi connectivity index (χ3v) is 21.0. The van der Waals surface area contributed by atoms with E-state index in [2.05, 4.69) is 13.8 Å². The highest BCUT2D eigenvalue weighted by Gasteiger charge is 2.87. The van der Waals surface area contributed by atoms with Crippen molar-refractivity contribution >= 4 is 23.9 Å². The van der Waals surface area contributed by atoms with Gasteiger partial charge < -0.3 is 38.3 Å². The van der Waals surface area contributed by atoms with E-state index < -0.39 is 139 Å². The van der Waals surface area contributed by atoms with Crippen LogP contribution in [0.15, 0.2) is 91.0 Å². The zero-order valence-electron chi connectivity index (χ0n) is 47.6. The number of benzene rings is 3. The summed E-state index contributed by atoms with van der Waals surface area (Å²) < 4.78 is 177. The topological polar surface area (TPSA) is 153 Å². The fourth-order valence-corrected chi connectivity index (χ4v) is 16.8. The van der Waals surface area contributed by atoms with Crippen molar-refractivity contribution in [3.05, 3.63) is 108 Å². The molecule has 1 N–H and O–H groups in total. The van der Waals surface area contributed by atoms with E-state index in [1.54, 1.807) is 0 Å². The minimum Gasteiger partial charge on any atom is -0.468 e. The average Bonchev–Trinajstić information content (AvgIpc) is 1.47. The molecule has 8 rings (SSSR count). The fourth-order valence-electron chi connectivity index (χ4n) is 16.8. The van der Waals surface area contributed by atoms with Gasteiger partial charge in [0.1, 0.15) is 23.7 Å². The summed E-state index contributed by atoms with van der Waals surface area (Å²) in [5.74, 6) is -8.10. The van der Waals surface area contributed by atoms with Gasteiger partial charge in [0, 0.05) is 49.9 Å². The lowest BCUT2D eigenvalue weighted by molar-refractivity contribution is -0.289. The second kappa shape index (κ2) is 21.4. The summed E-state index contributed by atoms with van der Waals surface area (Å²) in [7, 11) is 3.18. The third kappa shape index (κ3) is 9.07.